The van der Waals surface area contributed by atoms with E-state index in [0.29, 0.717) is 24.6 Å². The lowest BCUT2D eigenvalue weighted by atomic mass is 10.1. The van der Waals surface area contributed by atoms with Crippen LogP contribution in [-0.2, 0) is 16.1 Å². The van der Waals surface area contributed by atoms with Crippen molar-refractivity contribution < 1.29 is 14.3 Å². The van der Waals surface area contributed by atoms with E-state index >= 15 is 0 Å². The molecule has 2 aliphatic rings. The van der Waals surface area contributed by atoms with E-state index in [2.05, 4.69) is 19.9 Å². The fourth-order valence-electron chi connectivity index (χ4n) is 4.34. The molecule has 2 aliphatic heterocycles. The van der Waals surface area contributed by atoms with Gasteiger partial charge in [-0.25, -0.2) is 4.98 Å². The van der Waals surface area contributed by atoms with E-state index in [9.17, 15) is 4.79 Å². The summed E-state index contributed by atoms with van der Waals surface area (Å²) in [6.45, 7) is 10.8. The zero-order chi connectivity index (χ0) is 22.8. The van der Waals surface area contributed by atoms with Gasteiger partial charge < -0.3 is 25.0 Å². The van der Waals surface area contributed by atoms with E-state index in [1.54, 1.807) is 24.4 Å². The Bertz CT molecular complexity index is 994. The lowest BCUT2D eigenvalue weighted by Gasteiger charge is -2.41. The monoisotopic (exact) mass is 441 g/mol. The molecule has 0 unspecified atom stereocenters. The van der Waals surface area contributed by atoms with Crippen molar-refractivity contribution in [3.05, 3.63) is 29.2 Å². The summed E-state index contributed by atoms with van der Waals surface area (Å²) in [6, 6.07) is -0.421. The molecule has 4 rings (SSSR count). The normalized spacial score (nSPS) is 19.2. The number of nitrogens with zero attached hydrogens (tertiary/aromatic N) is 6. The molecule has 0 bridgehead atoms. The van der Waals surface area contributed by atoms with Gasteiger partial charge in [0.1, 0.15) is 17.5 Å². The Balaban J connectivity index is 1.64. The largest absolute Gasteiger partial charge is 0.496 e. The number of methoxy groups -OCH3 is 1. The van der Waals surface area contributed by atoms with Gasteiger partial charge in [-0.3, -0.25) is 14.7 Å². The van der Waals surface area contributed by atoms with E-state index in [1.807, 2.05) is 25.7 Å². The second-order valence-corrected chi connectivity index (χ2v) is 8.23. The van der Waals surface area contributed by atoms with E-state index in [4.69, 9.17) is 15.2 Å². The zero-order valence-electron chi connectivity index (χ0n) is 19.2. The molecule has 2 aromatic rings. The van der Waals surface area contributed by atoms with Gasteiger partial charge in [-0.2, -0.15) is 4.98 Å². The minimum Gasteiger partial charge on any atom is -0.496 e. The maximum atomic E-state index is 13.4. The van der Waals surface area contributed by atoms with Crippen LogP contribution < -0.4 is 20.3 Å². The highest BCUT2D eigenvalue weighted by Crippen LogP contribution is 2.36. The Kier molecular flexibility index (Phi) is 6.43. The van der Waals surface area contributed by atoms with Crippen molar-refractivity contribution in [2.24, 2.45) is 0 Å². The predicted octanol–water partition coefficient (Wildman–Crippen LogP) is 1.15. The number of nitrogens with two attached hydrogens (primary N) is 1. The first-order valence-corrected chi connectivity index (χ1v) is 10.9. The van der Waals surface area contributed by atoms with E-state index in [-0.39, 0.29) is 11.9 Å². The molecule has 0 aromatic carbocycles. The number of carbonyl (C=O) groups is 1. The highest BCUT2D eigenvalue weighted by Gasteiger charge is 2.37. The first kappa shape index (κ1) is 22.2. The molecule has 1 amide bonds. The molecule has 172 valence electrons. The van der Waals surface area contributed by atoms with Crippen molar-refractivity contribution in [3.63, 3.8) is 0 Å². The van der Waals surface area contributed by atoms with Gasteiger partial charge >= 0.3 is 0 Å². The van der Waals surface area contributed by atoms with Crippen LogP contribution in [-0.4, -0.2) is 78.3 Å². The molecule has 32 heavy (non-hydrogen) atoms. The zero-order valence-corrected chi connectivity index (χ0v) is 19.2. The van der Waals surface area contributed by atoms with Crippen LogP contribution in [0.4, 0.5) is 17.5 Å². The third kappa shape index (κ3) is 4.20. The molecule has 1 saturated heterocycles. The summed E-state index contributed by atoms with van der Waals surface area (Å²) in [5, 5.41) is 0. The van der Waals surface area contributed by atoms with E-state index in [0.717, 1.165) is 55.4 Å². The van der Waals surface area contributed by atoms with Gasteiger partial charge in [0.05, 0.1) is 38.8 Å². The second-order valence-electron chi connectivity index (χ2n) is 8.23. The van der Waals surface area contributed by atoms with Gasteiger partial charge in [0.25, 0.3) is 0 Å². The topological polar surface area (TPSA) is 110 Å². The Morgan fingerprint density at radius 2 is 1.94 bits per heavy atom. The molecule has 0 saturated carbocycles. The average molecular weight is 442 g/mol. The maximum Gasteiger partial charge on any atom is 0.249 e. The minimum atomic E-state index is -0.421. The summed E-state index contributed by atoms with van der Waals surface area (Å²) >= 11 is 0. The maximum absolute atomic E-state index is 13.4. The molecular weight excluding hydrogens is 410 g/mol. The molecule has 1 atom stereocenters. The number of carbonyl (C=O) groups excluding carboxylic acids is 1. The van der Waals surface area contributed by atoms with Gasteiger partial charge in [-0.05, 0) is 20.8 Å². The highest BCUT2D eigenvalue weighted by molar-refractivity contribution is 6.04. The Morgan fingerprint density at radius 1 is 1.19 bits per heavy atom. The number of anilines is 3. The number of aromatic nitrogens is 3. The van der Waals surface area contributed by atoms with Crippen molar-refractivity contribution in [1.82, 2.24) is 19.9 Å². The number of morpholine rings is 1. The summed E-state index contributed by atoms with van der Waals surface area (Å²) in [6.07, 6.45) is 3.44. The molecule has 4 heterocycles. The SMILES string of the molecule is COc1c(C)cnc(CN2c3nc(N)ncc3N(CCN3CCOCC3)C(=O)[C@H]2C)c1C. The third-order valence-electron chi connectivity index (χ3n) is 6.24. The van der Waals surface area contributed by atoms with Gasteiger partial charge in [0, 0.05) is 43.5 Å². The van der Waals surface area contributed by atoms with Crippen LogP contribution in [0.3, 0.4) is 0 Å². The first-order chi connectivity index (χ1) is 15.4. The first-order valence-electron chi connectivity index (χ1n) is 10.9. The fraction of sp³-hybridized carbons (Fsp3) is 0.545. The van der Waals surface area contributed by atoms with Crippen LogP contribution in [0.2, 0.25) is 0 Å². The molecule has 10 heteroatoms. The number of pyridine rings is 1. The minimum absolute atomic E-state index is 0.0101. The third-order valence-corrected chi connectivity index (χ3v) is 6.24. The van der Waals surface area contributed by atoms with Gasteiger partial charge in [0.15, 0.2) is 5.82 Å². The number of nitrogen functional groups attached to an aromatic ring is 1. The summed E-state index contributed by atoms with van der Waals surface area (Å²) < 4.78 is 11.0. The van der Waals surface area contributed by atoms with Crippen molar-refractivity contribution >= 4 is 23.4 Å². The van der Waals surface area contributed by atoms with Crippen molar-refractivity contribution in [2.45, 2.75) is 33.4 Å². The molecule has 2 aromatic heterocycles. The molecule has 2 N–H and O–H groups in total. The van der Waals surface area contributed by atoms with Crippen molar-refractivity contribution in [2.75, 3.05) is 62.0 Å². The van der Waals surface area contributed by atoms with Crippen LogP contribution in [0.15, 0.2) is 12.4 Å². The van der Waals surface area contributed by atoms with Gasteiger partial charge in [-0.1, -0.05) is 0 Å². The van der Waals surface area contributed by atoms with Crippen LogP contribution in [0, 0.1) is 13.8 Å². The van der Waals surface area contributed by atoms with Gasteiger partial charge in [0.2, 0.25) is 11.9 Å². The Hall–Kier alpha value is -2.98. The molecule has 1 fully saturated rings. The molecule has 10 nitrogen and oxygen atoms in total. The van der Waals surface area contributed by atoms with E-state index < -0.39 is 6.04 Å². The smallest absolute Gasteiger partial charge is 0.249 e. The quantitative estimate of drug-likeness (QED) is 0.706. The predicted molar refractivity (Wildman–Crippen MR) is 122 cm³/mol. The summed E-state index contributed by atoms with van der Waals surface area (Å²) in [4.78, 5) is 32.8. The summed E-state index contributed by atoms with van der Waals surface area (Å²) in [7, 11) is 1.65. The number of ether oxygens (including phenoxy) is 2. The molecule has 0 spiro atoms. The number of hydrogen-bond acceptors (Lipinski definition) is 9. The number of rotatable bonds is 6. The lowest BCUT2D eigenvalue weighted by Crippen LogP contribution is -2.54. The van der Waals surface area contributed by atoms with Crippen LogP contribution >= 0.6 is 0 Å². The average Bonchev–Trinajstić information content (AvgIpc) is 2.79. The molecule has 0 radical (unpaired) electrons. The molecule has 0 aliphatic carbocycles. The fourth-order valence-corrected chi connectivity index (χ4v) is 4.34. The number of amides is 1. The van der Waals surface area contributed by atoms with Crippen molar-refractivity contribution in [3.8, 4) is 5.75 Å². The summed E-state index contributed by atoms with van der Waals surface area (Å²) in [5.41, 5.74) is 9.36. The lowest BCUT2D eigenvalue weighted by molar-refractivity contribution is -0.120. The van der Waals surface area contributed by atoms with Crippen LogP contribution in [0.5, 0.6) is 5.75 Å². The highest BCUT2D eigenvalue weighted by atomic mass is 16.5. The standard InChI is InChI=1S/C22H31N7O3/c1-14-11-24-17(15(2)19(14)31-4)13-29-16(3)21(30)28(6-5-27-7-9-32-10-8-27)18-12-25-22(23)26-20(18)29/h11-12,16H,5-10,13H2,1-4H3,(H2,23,25,26)/t16-/m1/s1. The van der Waals surface area contributed by atoms with E-state index in [1.165, 1.54) is 0 Å². The Labute approximate surface area is 188 Å². The number of fused-ring (bicyclic) bond motifs is 1. The second kappa shape index (κ2) is 9.25. The van der Waals surface area contributed by atoms with Gasteiger partial charge in [-0.15, -0.1) is 0 Å². The Morgan fingerprint density at radius 3 is 2.66 bits per heavy atom. The van der Waals surface area contributed by atoms with Crippen molar-refractivity contribution in [1.29, 1.82) is 0 Å². The van der Waals surface area contributed by atoms with Crippen LogP contribution in [0.1, 0.15) is 23.7 Å². The molecular formula is C22H31N7O3. The summed E-state index contributed by atoms with van der Waals surface area (Å²) in [5.74, 6) is 1.64. The number of aryl methyl sites for hydroxylation is 1. The van der Waals surface area contributed by atoms with Crippen LogP contribution in [0.25, 0.3) is 0 Å². The number of hydrogen-bond donors (Lipinski definition) is 1.